The quantitative estimate of drug-likeness (QED) is 0.0767. The predicted molar refractivity (Wildman–Crippen MR) is 204 cm³/mol. The van der Waals surface area contributed by atoms with E-state index in [-0.39, 0.29) is 30.1 Å². The van der Waals surface area contributed by atoms with E-state index in [1.54, 1.807) is 19.2 Å². The first-order chi connectivity index (χ1) is 24.1. The maximum Gasteiger partial charge on any atom is 0.414 e. The Kier molecular flexibility index (Phi) is 14.4. The predicted octanol–water partition coefficient (Wildman–Crippen LogP) is 8.11. The third kappa shape index (κ3) is 11.4. The van der Waals surface area contributed by atoms with Gasteiger partial charge < -0.3 is 37.9 Å². The van der Waals surface area contributed by atoms with Crippen molar-refractivity contribution in [2.45, 2.75) is 97.3 Å². The second-order valence-electron chi connectivity index (χ2n) is 14.0. The Morgan fingerprint density at radius 3 is 2.43 bits per heavy atom. The van der Waals surface area contributed by atoms with Gasteiger partial charge in [-0.25, -0.2) is 9.59 Å². The summed E-state index contributed by atoms with van der Waals surface area (Å²) < 4.78 is 48.3. The summed E-state index contributed by atoms with van der Waals surface area (Å²) in [7, 11) is 3.13. The number of fused-ring (bicyclic) bond motifs is 2. The summed E-state index contributed by atoms with van der Waals surface area (Å²) in [5.74, 6) is -0.629. The highest BCUT2D eigenvalue weighted by molar-refractivity contribution is 14.1. The number of rotatable bonds is 10. The molecule has 2 aliphatic heterocycles. The first-order valence-corrected chi connectivity index (χ1v) is 18.7. The van der Waals surface area contributed by atoms with E-state index in [1.165, 1.54) is 12.0 Å². The number of alkyl halides is 1. The Hall–Kier alpha value is -3.17. The first-order valence-electron chi connectivity index (χ1n) is 17.2. The van der Waals surface area contributed by atoms with E-state index < -0.39 is 41.8 Å². The van der Waals surface area contributed by atoms with Crippen molar-refractivity contribution < 1.29 is 47.5 Å². The number of carbonyl (C=O) groups is 2. The number of amides is 1. The lowest BCUT2D eigenvalue weighted by molar-refractivity contribution is -0.156. The van der Waals surface area contributed by atoms with Crippen LogP contribution in [0.2, 0.25) is 0 Å². The third-order valence-corrected chi connectivity index (χ3v) is 8.82. The topological polar surface area (TPSA) is 111 Å². The van der Waals surface area contributed by atoms with Crippen LogP contribution in [0.3, 0.4) is 0 Å². The summed E-state index contributed by atoms with van der Waals surface area (Å²) in [5.41, 5.74) is 1.49. The fraction of sp³-hybridized carbons (Fsp3) is 0.538. The largest absolute Gasteiger partial charge is 0.497 e. The number of carbonyl (C=O) groups excluding carboxylic acids is 2. The number of hydrogen-bond acceptors (Lipinski definition) is 10. The van der Waals surface area contributed by atoms with Crippen LogP contribution in [0.4, 0.5) is 10.5 Å². The van der Waals surface area contributed by atoms with Crippen LogP contribution in [0, 0.1) is 5.92 Å². The summed E-state index contributed by atoms with van der Waals surface area (Å²) in [6, 6.07) is 11.2. The van der Waals surface area contributed by atoms with E-state index in [0.717, 1.165) is 11.3 Å². The van der Waals surface area contributed by atoms with E-state index >= 15 is 0 Å². The van der Waals surface area contributed by atoms with Crippen LogP contribution in [0.15, 0.2) is 54.6 Å². The number of anilines is 1. The van der Waals surface area contributed by atoms with Gasteiger partial charge in [0.05, 0.1) is 25.5 Å². The van der Waals surface area contributed by atoms with Crippen molar-refractivity contribution in [1.29, 1.82) is 0 Å². The molecule has 0 bridgehead atoms. The Balaban J connectivity index is 1.77. The van der Waals surface area contributed by atoms with Crippen molar-refractivity contribution >= 4 is 46.4 Å². The van der Waals surface area contributed by atoms with E-state index in [9.17, 15) is 9.59 Å². The van der Waals surface area contributed by atoms with Crippen LogP contribution in [0.25, 0.3) is 6.08 Å². The van der Waals surface area contributed by atoms with Gasteiger partial charge in [-0.15, -0.1) is 0 Å². The van der Waals surface area contributed by atoms with Crippen molar-refractivity contribution in [2.24, 2.45) is 5.92 Å². The molecule has 1 amide bonds. The number of nitrogens with zero attached hydrogens (tertiary/aromatic N) is 1. The molecular formula is C39H52INO10. The molecule has 2 aromatic rings. The van der Waals surface area contributed by atoms with E-state index in [0.29, 0.717) is 35.3 Å². The second-order valence-corrected chi connectivity index (χ2v) is 15.1. The molecule has 0 N–H and O–H groups in total. The molecule has 0 spiro atoms. The van der Waals surface area contributed by atoms with Gasteiger partial charge >= 0.3 is 12.1 Å². The Morgan fingerprint density at radius 1 is 1.06 bits per heavy atom. The summed E-state index contributed by atoms with van der Waals surface area (Å²) in [6.45, 7) is 13.6. The van der Waals surface area contributed by atoms with Gasteiger partial charge in [0.2, 0.25) is 0 Å². The highest BCUT2D eigenvalue weighted by Crippen LogP contribution is 2.36. The normalized spacial score (nSPS) is 24.7. The standard InChI is InChI=1S/C39H52INO10/c1-25-13-18-31(46-23-27-14-16-30(45-9)17-15-27)35-32(49-39(6,7)50-35)12-10-11-28-21-29(41(20-19-40)37(43)51-38(3,4)5)22-33(47-24-44-8)34(28)36(42)48-26(25)2/h10-11,13-18,21-22,25-26,31-32,35H,12,19-20,23-24H2,1-9H3/b11-10+,18-13-/t25-,26+,31-,32+,35-/m1/s1. The molecular weight excluding hydrogens is 769 g/mol. The van der Waals surface area contributed by atoms with Crippen LogP contribution < -0.4 is 14.4 Å². The minimum atomic E-state index is -0.857. The lowest BCUT2D eigenvalue weighted by Crippen LogP contribution is -2.38. The Morgan fingerprint density at radius 2 is 1.78 bits per heavy atom. The van der Waals surface area contributed by atoms with Crippen molar-refractivity contribution in [3.63, 3.8) is 0 Å². The van der Waals surface area contributed by atoms with Gasteiger partial charge in [-0.05, 0) is 77.3 Å². The van der Waals surface area contributed by atoms with Crippen LogP contribution in [-0.2, 0) is 35.0 Å². The van der Waals surface area contributed by atoms with Crippen molar-refractivity contribution in [3.05, 3.63) is 71.3 Å². The van der Waals surface area contributed by atoms with Gasteiger partial charge in [-0.1, -0.05) is 66.0 Å². The van der Waals surface area contributed by atoms with Gasteiger partial charge in [0.25, 0.3) is 0 Å². The maximum atomic E-state index is 14.0. The number of hydrogen-bond donors (Lipinski definition) is 0. The van der Waals surface area contributed by atoms with E-state index in [4.69, 9.17) is 37.9 Å². The molecule has 280 valence electrons. The summed E-state index contributed by atoms with van der Waals surface area (Å²) in [4.78, 5) is 29.0. The minimum Gasteiger partial charge on any atom is -0.497 e. The molecule has 0 aliphatic carbocycles. The Bertz CT molecular complexity index is 1530. The number of esters is 1. The zero-order valence-electron chi connectivity index (χ0n) is 31.1. The highest BCUT2D eigenvalue weighted by Gasteiger charge is 2.44. The summed E-state index contributed by atoms with van der Waals surface area (Å²) in [6.07, 6.45) is 5.83. The zero-order valence-corrected chi connectivity index (χ0v) is 33.3. The molecule has 0 radical (unpaired) electrons. The molecule has 4 rings (SSSR count). The molecule has 1 saturated heterocycles. The number of cyclic esters (lactones) is 1. The molecule has 11 nitrogen and oxygen atoms in total. The second kappa shape index (κ2) is 18.0. The maximum absolute atomic E-state index is 14.0. The molecule has 5 atom stereocenters. The molecule has 2 heterocycles. The smallest absolute Gasteiger partial charge is 0.414 e. The lowest BCUT2D eigenvalue weighted by Gasteiger charge is -2.28. The van der Waals surface area contributed by atoms with Crippen molar-refractivity contribution in [3.8, 4) is 11.5 Å². The number of halogens is 1. The van der Waals surface area contributed by atoms with Crippen molar-refractivity contribution in [1.82, 2.24) is 0 Å². The molecule has 0 saturated carbocycles. The average Bonchev–Trinajstić information content (AvgIpc) is 3.38. The molecule has 0 unspecified atom stereocenters. The number of methoxy groups -OCH3 is 2. The van der Waals surface area contributed by atoms with E-state index in [1.807, 2.05) is 97.0 Å². The molecule has 0 aromatic heterocycles. The molecule has 2 aliphatic rings. The Labute approximate surface area is 315 Å². The molecule has 1 fully saturated rings. The zero-order chi connectivity index (χ0) is 37.3. The molecule has 12 heteroatoms. The van der Waals surface area contributed by atoms with Crippen LogP contribution in [0.1, 0.15) is 76.4 Å². The van der Waals surface area contributed by atoms with Crippen LogP contribution >= 0.6 is 22.6 Å². The van der Waals surface area contributed by atoms with E-state index in [2.05, 4.69) is 22.6 Å². The third-order valence-electron chi connectivity index (χ3n) is 8.34. The average molecular weight is 822 g/mol. The van der Waals surface area contributed by atoms with Gasteiger partial charge in [0.15, 0.2) is 12.6 Å². The number of benzene rings is 2. The number of ether oxygens (including phenoxy) is 8. The van der Waals surface area contributed by atoms with Gasteiger partial charge in [-0.2, -0.15) is 0 Å². The van der Waals surface area contributed by atoms with Crippen molar-refractivity contribution in [2.75, 3.05) is 36.9 Å². The first kappa shape index (κ1) is 40.6. The summed E-state index contributed by atoms with van der Waals surface area (Å²) >= 11 is 2.21. The van der Waals surface area contributed by atoms with Crippen LogP contribution in [0.5, 0.6) is 11.5 Å². The van der Waals surface area contributed by atoms with Gasteiger partial charge in [0, 0.05) is 30.1 Å². The van der Waals surface area contributed by atoms with Gasteiger partial charge in [-0.3, -0.25) is 4.90 Å². The lowest BCUT2D eigenvalue weighted by atomic mass is 9.98. The van der Waals surface area contributed by atoms with Crippen LogP contribution in [-0.4, -0.2) is 79.9 Å². The molecule has 2 aromatic carbocycles. The fourth-order valence-electron chi connectivity index (χ4n) is 5.69. The molecule has 51 heavy (non-hydrogen) atoms. The SMILES string of the molecule is COCOc1cc(N(CCI)C(=O)OC(C)(C)C)cc2c1C(=O)O[C@@H](C)[C@H](C)/C=C\[C@@H](OCc1ccc(OC)cc1)[C@H]1OC(C)(C)O[C@H]1C/C=C/2. The summed E-state index contributed by atoms with van der Waals surface area (Å²) in [5, 5.41) is 0. The van der Waals surface area contributed by atoms with Gasteiger partial charge in [0.1, 0.15) is 41.0 Å². The fourth-order valence-corrected chi connectivity index (χ4v) is 6.18. The highest BCUT2D eigenvalue weighted by atomic mass is 127. The monoisotopic (exact) mass is 821 g/mol. The minimum absolute atomic E-state index is 0.123.